The molecule has 126 valence electrons. The van der Waals surface area contributed by atoms with E-state index >= 15 is 0 Å². The maximum Gasteiger partial charge on any atom is 0.306 e. The number of aliphatic hydroxyl groups excluding tert-OH is 1. The fourth-order valence-corrected chi connectivity index (χ4v) is 3.97. The van der Waals surface area contributed by atoms with Crippen LogP contribution in [-0.2, 0) is 14.3 Å². The quantitative estimate of drug-likeness (QED) is 0.777. The zero-order chi connectivity index (χ0) is 16.5. The van der Waals surface area contributed by atoms with Gasteiger partial charge < -0.3 is 14.9 Å². The Bertz CT molecular complexity index is 439. The summed E-state index contributed by atoms with van der Waals surface area (Å²) >= 11 is 0. The Labute approximate surface area is 132 Å². The monoisotopic (exact) mass is 312 g/mol. The Hall–Kier alpha value is -0.940. The van der Waals surface area contributed by atoms with Gasteiger partial charge in [-0.2, -0.15) is 0 Å². The fourth-order valence-electron chi connectivity index (χ4n) is 3.97. The van der Waals surface area contributed by atoms with Crippen molar-refractivity contribution >= 4 is 11.8 Å². The van der Waals surface area contributed by atoms with Crippen LogP contribution in [0.3, 0.4) is 0 Å². The Morgan fingerprint density at radius 2 is 1.95 bits per heavy atom. The molecule has 0 spiro atoms. The van der Waals surface area contributed by atoms with Gasteiger partial charge in [0.05, 0.1) is 18.6 Å². The molecule has 2 rings (SSSR count). The summed E-state index contributed by atoms with van der Waals surface area (Å²) in [6.45, 7) is 4.95. The first-order chi connectivity index (χ1) is 10.2. The van der Waals surface area contributed by atoms with Crippen LogP contribution in [0.25, 0.3) is 0 Å². The van der Waals surface area contributed by atoms with Gasteiger partial charge in [0.25, 0.3) is 0 Å². The SMILES string of the molecule is CC(C)(C)OC(=O)C[C@@H]1[C@@H]2CCCC[C@H](C[C@]1(O)CO)C2=O. The molecule has 0 aromatic heterocycles. The predicted octanol–water partition coefficient (Wildman–Crippen LogP) is 1.84. The van der Waals surface area contributed by atoms with Gasteiger partial charge in [-0.1, -0.05) is 12.8 Å². The van der Waals surface area contributed by atoms with Crippen LogP contribution in [0.15, 0.2) is 0 Å². The van der Waals surface area contributed by atoms with E-state index in [9.17, 15) is 19.8 Å². The summed E-state index contributed by atoms with van der Waals surface area (Å²) in [5, 5.41) is 20.5. The van der Waals surface area contributed by atoms with E-state index in [-0.39, 0.29) is 30.5 Å². The molecule has 5 nitrogen and oxygen atoms in total. The van der Waals surface area contributed by atoms with Gasteiger partial charge in [-0.3, -0.25) is 9.59 Å². The van der Waals surface area contributed by atoms with Crippen LogP contribution in [0.4, 0.5) is 0 Å². The molecule has 2 fully saturated rings. The number of Topliss-reactive ketones (excluding diaryl/α,β-unsaturated/α-hetero) is 1. The van der Waals surface area contributed by atoms with Gasteiger partial charge >= 0.3 is 5.97 Å². The summed E-state index contributed by atoms with van der Waals surface area (Å²) in [6.07, 6.45) is 3.60. The summed E-state index contributed by atoms with van der Waals surface area (Å²) in [5.41, 5.74) is -1.95. The van der Waals surface area contributed by atoms with E-state index in [4.69, 9.17) is 4.74 Å². The zero-order valence-corrected chi connectivity index (χ0v) is 13.8. The largest absolute Gasteiger partial charge is 0.460 e. The number of ether oxygens (including phenoxy) is 1. The van der Waals surface area contributed by atoms with Crippen molar-refractivity contribution in [2.75, 3.05) is 6.61 Å². The van der Waals surface area contributed by atoms with Gasteiger partial charge in [0.1, 0.15) is 11.4 Å². The standard InChI is InChI=1S/C17H28O5/c1-16(2,3)22-14(19)8-13-12-7-5-4-6-11(15(12)20)9-17(13,21)10-18/h11-13,18,21H,4-10H2,1-3H3/t11-,12+,13-,17+/m1/s1. The van der Waals surface area contributed by atoms with Crippen molar-refractivity contribution in [3.05, 3.63) is 0 Å². The summed E-state index contributed by atoms with van der Waals surface area (Å²) < 4.78 is 5.34. The van der Waals surface area contributed by atoms with E-state index in [1.54, 1.807) is 20.8 Å². The second-order valence-electron chi connectivity index (χ2n) is 7.85. The van der Waals surface area contributed by atoms with Crippen molar-refractivity contribution in [1.82, 2.24) is 0 Å². The van der Waals surface area contributed by atoms with Crippen LogP contribution in [0.2, 0.25) is 0 Å². The summed E-state index contributed by atoms with van der Waals surface area (Å²) in [6, 6.07) is 0. The first kappa shape index (κ1) is 17.4. The molecule has 22 heavy (non-hydrogen) atoms. The molecule has 0 amide bonds. The smallest absolute Gasteiger partial charge is 0.306 e. The molecule has 0 radical (unpaired) electrons. The lowest BCUT2D eigenvalue weighted by molar-refractivity contribution is -0.170. The van der Waals surface area contributed by atoms with E-state index in [0.29, 0.717) is 6.42 Å². The lowest BCUT2D eigenvalue weighted by atomic mass is 9.63. The molecule has 2 saturated carbocycles. The Balaban J connectivity index is 2.21. The Morgan fingerprint density at radius 3 is 2.55 bits per heavy atom. The second-order valence-corrected chi connectivity index (χ2v) is 7.85. The number of carbonyl (C=O) groups is 2. The first-order valence-electron chi connectivity index (χ1n) is 8.25. The van der Waals surface area contributed by atoms with Crippen molar-refractivity contribution in [2.45, 2.75) is 70.5 Å². The highest BCUT2D eigenvalue weighted by atomic mass is 16.6. The van der Waals surface area contributed by atoms with E-state index in [2.05, 4.69) is 0 Å². The van der Waals surface area contributed by atoms with Gasteiger partial charge in [0, 0.05) is 17.8 Å². The van der Waals surface area contributed by atoms with Crippen molar-refractivity contribution in [1.29, 1.82) is 0 Å². The van der Waals surface area contributed by atoms with Crippen molar-refractivity contribution < 1.29 is 24.5 Å². The van der Waals surface area contributed by atoms with Gasteiger partial charge in [0.2, 0.25) is 0 Å². The number of aliphatic hydroxyl groups is 2. The highest BCUT2D eigenvalue weighted by Gasteiger charge is 2.52. The summed E-state index contributed by atoms with van der Waals surface area (Å²) in [7, 11) is 0. The van der Waals surface area contributed by atoms with Crippen LogP contribution < -0.4 is 0 Å². The number of rotatable bonds is 3. The maximum atomic E-state index is 12.6. The minimum Gasteiger partial charge on any atom is -0.460 e. The van der Waals surface area contributed by atoms with E-state index in [0.717, 1.165) is 19.3 Å². The first-order valence-corrected chi connectivity index (χ1v) is 8.25. The molecule has 5 heteroatoms. The molecular weight excluding hydrogens is 284 g/mol. The predicted molar refractivity (Wildman–Crippen MR) is 81.1 cm³/mol. The number of fused-ring (bicyclic) bond motifs is 2. The normalized spacial score (nSPS) is 35.9. The number of hydrogen-bond acceptors (Lipinski definition) is 5. The van der Waals surface area contributed by atoms with E-state index in [1.807, 2.05) is 0 Å². The van der Waals surface area contributed by atoms with Gasteiger partial charge in [-0.05, 0) is 40.0 Å². The number of carbonyl (C=O) groups excluding carboxylic acids is 2. The van der Waals surface area contributed by atoms with Crippen LogP contribution in [0, 0.1) is 17.8 Å². The van der Waals surface area contributed by atoms with Crippen molar-refractivity contribution in [3.8, 4) is 0 Å². The third kappa shape index (κ3) is 3.69. The topological polar surface area (TPSA) is 83.8 Å². The molecule has 0 unspecified atom stereocenters. The number of esters is 1. The van der Waals surface area contributed by atoms with Crippen LogP contribution in [0.1, 0.15) is 59.3 Å². The Morgan fingerprint density at radius 1 is 1.32 bits per heavy atom. The molecule has 2 N–H and O–H groups in total. The second kappa shape index (κ2) is 6.28. The van der Waals surface area contributed by atoms with E-state index in [1.165, 1.54) is 0 Å². The highest BCUT2D eigenvalue weighted by molar-refractivity contribution is 5.86. The van der Waals surface area contributed by atoms with Crippen LogP contribution in [0.5, 0.6) is 0 Å². The molecule has 0 aromatic rings. The maximum absolute atomic E-state index is 12.6. The van der Waals surface area contributed by atoms with Crippen molar-refractivity contribution in [3.63, 3.8) is 0 Å². The lowest BCUT2D eigenvalue weighted by Gasteiger charge is -2.45. The van der Waals surface area contributed by atoms with Crippen LogP contribution in [-0.4, -0.2) is 39.8 Å². The van der Waals surface area contributed by atoms with Crippen molar-refractivity contribution in [2.24, 2.45) is 17.8 Å². The van der Waals surface area contributed by atoms with Crippen LogP contribution >= 0.6 is 0 Å². The average molecular weight is 312 g/mol. The summed E-state index contributed by atoms with van der Waals surface area (Å²) in [5.74, 6) is -1.33. The highest BCUT2D eigenvalue weighted by Crippen LogP contribution is 2.46. The molecule has 0 aliphatic heterocycles. The third-order valence-corrected chi connectivity index (χ3v) is 4.94. The average Bonchev–Trinajstić information content (AvgIpc) is 2.52. The molecular formula is C17H28O5. The fraction of sp³-hybridized carbons (Fsp3) is 0.882. The minimum absolute atomic E-state index is 0.0164. The summed E-state index contributed by atoms with van der Waals surface area (Å²) in [4.78, 5) is 24.7. The van der Waals surface area contributed by atoms with E-state index < -0.39 is 29.7 Å². The molecule has 2 bridgehead atoms. The Kier molecular flexibility index (Phi) is 4.97. The zero-order valence-electron chi connectivity index (χ0n) is 13.8. The van der Waals surface area contributed by atoms with Gasteiger partial charge in [0.15, 0.2) is 0 Å². The van der Waals surface area contributed by atoms with Gasteiger partial charge in [-0.25, -0.2) is 0 Å². The molecule has 0 heterocycles. The van der Waals surface area contributed by atoms with Gasteiger partial charge in [-0.15, -0.1) is 0 Å². The molecule has 0 saturated heterocycles. The molecule has 2 aliphatic rings. The number of ketones is 1. The minimum atomic E-state index is -1.36. The number of hydrogen-bond donors (Lipinski definition) is 2. The molecule has 2 aliphatic carbocycles. The lowest BCUT2D eigenvalue weighted by Crippen LogP contribution is -2.55. The molecule has 0 aromatic carbocycles. The third-order valence-electron chi connectivity index (χ3n) is 4.94. The molecule has 4 atom stereocenters.